The van der Waals surface area contributed by atoms with Crippen LogP contribution >= 0.6 is 11.8 Å². The molecule has 4 aliphatic heterocycles. The van der Waals surface area contributed by atoms with Crippen molar-refractivity contribution in [2.75, 3.05) is 38.9 Å². The highest BCUT2D eigenvalue weighted by Crippen LogP contribution is 2.41. The number of aryl methyl sites for hydroxylation is 2. The summed E-state index contributed by atoms with van der Waals surface area (Å²) < 4.78 is 24.8. The number of thioether (sulfide) groups is 1. The maximum atomic E-state index is 12.2. The van der Waals surface area contributed by atoms with Gasteiger partial charge in [-0.05, 0) is 48.1 Å². The number of nitrogens with one attached hydrogen (secondary N) is 3. The van der Waals surface area contributed by atoms with Gasteiger partial charge in [-0.2, -0.15) is 16.3 Å². The van der Waals surface area contributed by atoms with Gasteiger partial charge in [-0.25, -0.2) is 4.79 Å². The fourth-order valence-electron chi connectivity index (χ4n) is 6.46. The molecule has 7 rings (SSSR count). The average molecular weight is 657 g/mol. The highest BCUT2D eigenvalue weighted by atomic mass is 35.5. The Morgan fingerprint density at radius 2 is 1.98 bits per heavy atom. The second-order valence-electron chi connectivity index (χ2n) is 11.6. The number of urea groups is 1. The van der Waals surface area contributed by atoms with Crippen LogP contribution in [0.1, 0.15) is 31.2 Å². The number of phenolic OH excluding ortho intramolecular Hbond substituents is 1. The first-order valence-electron chi connectivity index (χ1n) is 15.3. The molecule has 2 fully saturated rings. The third-order valence-electron chi connectivity index (χ3n) is 8.73. The van der Waals surface area contributed by atoms with Crippen LogP contribution < -0.4 is 47.1 Å². The monoisotopic (exact) mass is 656 g/mol. The lowest BCUT2D eigenvalue weighted by atomic mass is 9.95. The zero-order chi connectivity index (χ0) is 30.0. The molecule has 3 aromatic rings. The Labute approximate surface area is 271 Å². The SMILES string of the molecule is O=C(CCCC[C@@H]1SC[C@@H]2NC(=O)N[C@@H]21)NCCOCCOc1ccc2cc3[n+](cc2c1O)CCc1cc2c(cc1-3)OCO2.[Cl-]. The van der Waals surface area contributed by atoms with Crippen molar-refractivity contribution in [2.45, 2.75) is 56.0 Å². The Kier molecular flexibility index (Phi) is 9.62. The van der Waals surface area contributed by atoms with Gasteiger partial charge < -0.3 is 52.4 Å². The van der Waals surface area contributed by atoms with Crippen molar-refractivity contribution in [2.24, 2.45) is 0 Å². The first-order chi connectivity index (χ1) is 21.5. The van der Waals surface area contributed by atoms with E-state index in [2.05, 4.69) is 32.7 Å². The normalized spacial score (nSPS) is 20.4. The van der Waals surface area contributed by atoms with E-state index in [1.807, 2.05) is 30.1 Å². The summed E-state index contributed by atoms with van der Waals surface area (Å²) in [6, 6.07) is 10.3. The number of phenols is 1. The molecule has 13 heteroatoms. The van der Waals surface area contributed by atoms with E-state index in [0.717, 1.165) is 71.5 Å². The van der Waals surface area contributed by atoms with Gasteiger partial charge in [-0.15, -0.1) is 0 Å². The number of pyridine rings is 1. The molecular formula is C32H37ClN4O7S. The third-order valence-corrected chi connectivity index (χ3v) is 10.2. The number of unbranched alkanes of at least 4 members (excludes halogenated alkanes) is 1. The number of carbonyl (C=O) groups excluding carboxylic acids is 2. The second kappa shape index (κ2) is 13.8. The number of hydrogen-bond acceptors (Lipinski definition) is 8. The zero-order valence-corrected chi connectivity index (χ0v) is 26.4. The van der Waals surface area contributed by atoms with Gasteiger partial charge in [0, 0.05) is 36.5 Å². The zero-order valence-electron chi connectivity index (χ0n) is 24.8. The number of nitrogens with zero attached hydrogens (tertiary/aromatic N) is 1. The van der Waals surface area contributed by atoms with E-state index >= 15 is 0 Å². The molecule has 3 atom stereocenters. The molecule has 0 bridgehead atoms. The molecule has 0 saturated carbocycles. The lowest BCUT2D eigenvalue weighted by molar-refractivity contribution is -0.686. The summed E-state index contributed by atoms with van der Waals surface area (Å²) in [6.45, 7) is 2.49. The quantitative estimate of drug-likeness (QED) is 0.122. The molecule has 3 amide bonds. The standard InChI is InChI=1S/C32H36N4O7S.ClH/c37-29(4-2-1-3-28-30-23(17-44-28)34-32(39)35-30)33-8-10-40-11-12-41-25-6-5-19-13-24-21-15-27-26(42-18-43-27)14-20(21)7-9-36(24)16-22(19)31(25)38;/h5-6,13-16,23,28,30H,1-4,7-12,17-18H2,(H3,33,34,35,37,39);1H/t23-,28-,30-;/m0./s1. The summed E-state index contributed by atoms with van der Waals surface area (Å²) >= 11 is 1.90. The van der Waals surface area contributed by atoms with Crippen molar-refractivity contribution >= 4 is 34.5 Å². The van der Waals surface area contributed by atoms with E-state index in [4.69, 9.17) is 18.9 Å². The highest BCUT2D eigenvalue weighted by molar-refractivity contribution is 8.00. The Morgan fingerprint density at radius 1 is 1.11 bits per heavy atom. The largest absolute Gasteiger partial charge is 1.00 e. The van der Waals surface area contributed by atoms with Crippen LogP contribution in [0.5, 0.6) is 23.0 Å². The topological polar surface area (TPSA) is 131 Å². The van der Waals surface area contributed by atoms with Crippen LogP contribution in [-0.4, -0.2) is 73.3 Å². The lowest BCUT2D eigenvalue weighted by Crippen LogP contribution is -3.00. The fourth-order valence-corrected chi connectivity index (χ4v) is 8.01. The Hall–Kier alpha value is -3.61. The molecule has 11 nitrogen and oxygen atoms in total. The predicted molar refractivity (Wildman–Crippen MR) is 164 cm³/mol. The number of ether oxygens (including phenoxy) is 4. The lowest BCUT2D eigenvalue weighted by Gasteiger charge is -2.17. The molecule has 0 spiro atoms. The molecule has 5 heterocycles. The molecule has 2 saturated heterocycles. The number of hydrogen-bond donors (Lipinski definition) is 4. The van der Waals surface area contributed by atoms with E-state index in [-0.39, 0.29) is 55.6 Å². The van der Waals surface area contributed by atoms with Crippen LogP contribution in [0.15, 0.2) is 36.5 Å². The number of amides is 3. The molecule has 1 aromatic heterocycles. The highest BCUT2D eigenvalue weighted by Gasteiger charge is 2.42. The smallest absolute Gasteiger partial charge is 0.315 e. The Balaban J connectivity index is 0.00000357. The summed E-state index contributed by atoms with van der Waals surface area (Å²) in [5, 5.41) is 21.9. The van der Waals surface area contributed by atoms with Crippen LogP contribution in [0.2, 0.25) is 0 Å². The van der Waals surface area contributed by atoms with Crippen LogP contribution in [0, 0.1) is 0 Å². The Morgan fingerprint density at radius 3 is 2.87 bits per heavy atom. The van der Waals surface area contributed by atoms with E-state index < -0.39 is 0 Å². The van der Waals surface area contributed by atoms with Crippen molar-refractivity contribution in [3.05, 3.63) is 42.1 Å². The number of fused-ring (bicyclic) bond motifs is 6. The van der Waals surface area contributed by atoms with E-state index in [1.165, 1.54) is 5.56 Å². The number of carbonyl (C=O) groups is 2. The molecule has 2 aromatic carbocycles. The fraction of sp³-hybridized carbons (Fsp3) is 0.469. The maximum absolute atomic E-state index is 12.2. The summed E-state index contributed by atoms with van der Waals surface area (Å²) in [4.78, 5) is 23.7. The minimum Gasteiger partial charge on any atom is -1.00 e. The van der Waals surface area contributed by atoms with Crippen molar-refractivity contribution in [1.82, 2.24) is 16.0 Å². The minimum absolute atomic E-state index is 0. The summed E-state index contributed by atoms with van der Waals surface area (Å²) in [6.07, 6.45) is 6.12. The van der Waals surface area contributed by atoms with Gasteiger partial charge in [0.05, 0.1) is 36.2 Å². The number of rotatable bonds is 12. The molecule has 0 aliphatic carbocycles. The first-order valence-corrected chi connectivity index (χ1v) is 16.4. The summed E-state index contributed by atoms with van der Waals surface area (Å²) in [7, 11) is 0. The van der Waals surface area contributed by atoms with E-state index in [1.54, 1.807) is 6.07 Å². The van der Waals surface area contributed by atoms with Gasteiger partial charge in [0.25, 0.3) is 0 Å². The van der Waals surface area contributed by atoms with Gasteiger partial charge in [-0.3, -0.25) is 4.79 Å². The van der Waals surface area contributed by atoms with Crippen LogP contribution in [-0.2, 0) is 22.5 Å². The van der Waals surface area contributed by atoms with Crippen molar-refractivity contribution in [1.29, 1.82) is 0 Å². The van der Waals surface area contributed by atoms with Crippen molar-refractivity contribution in [3.8, 4) is 34.3 Å². The van der Waals surface area contributed by atoms with Crippen LogP contribution in [0.25, 0.3) is 22.0 Å². The van der Waals surface area contributed by atoms with Gasteiger partial charge in [0.1, 0.15) is 6.61 Å². The second-order valence-corrected chi connectivity index (χ2v) is 12.8. The van der Waals surface area contributed by atoms with Gasteiger partial charge in [0.15, 0.2) is 35.7 Å². The third kappa shape index (κ3) is 6.68. The van der Waals surface area contributed by atoms with Crippen LogP contribution in [0.3, 0.4) is 0 Å². The Bertz CT molecular complexity index is 1590. The number of aromatic hydroxyl groups is 1. The molecule has 0 radical (unpaired) electrons. The molecule has 0 unspecified atom stereocenters. The average Bonchev–Trinajstić information content (AvgIpc) is 3.74. The van der Waals surface area contributed by atoms with Gasteiger partial charge >= 0.3 is 6.03 Å². The molecule has 240 valence electrons. The predicted octanol–water partition coefficient (Wildman–Crippen LogP) is 0.0261. The van der Waals surface area contributed by atoms with E-state index in [9.17, 15) is 14.7 Å². The van der Waals surface area contributed by atoms with Gasteiger partial charge in [-0.1, -0.05) is 6.42 Å². The van der Waals surface area contributed by atoms with Crippen molar-refractivity contribution in [3.63, 3.8) is 0 Å². The maximum Gasteiger partial charge on any atom is 0.315 e. The molecule has 45 heavy (non-hydrogen) atoms. The summed E-state index contributed by atoms with van der Waals surface area (Å²) in [5.74, 6) is 3.05. The number of aromatic nitrogens is 1. The summed E-state index contributed by atoms with van der Waals surface area (Å²) in [5.41, 5.74) is 3.42. The molecular weight excluding hydrogens is 620 g/mol. The van der Waals surface area contributed by atoms with Gasteiger partial charge in [0.2, 0.25) is 18.4 Å². The van der Waals surface area contributed by atoms with Crippen LogP contribution in [0.4, 0.5) is 4.79 Å². The van der Waals surface area contributed by atoms with Crippen molar-refractivity contribution < 1.29 is 50.6 Å². The first kappa shape index (κ1) is 31.4. The van der Waals surface area contributed by atoms with E-state index in [0.29, 0.717) is 37.2 Å². The molecule has 4 N–H and O–H groups in total. The number of benzene rings is 2. The number of halogens is 1. The minimum atomic E-state index is -0.0647. The molecule has 4 aliphatic rings.